The van der Waals surface area contributed by atoms with Gasteiger partial charge in [-0.15, -0.1) is 0 Å². The molecular formula is C10H19N. The third-order valence-corrected chi connectivity index (χ3v) is 1.59. The fraction of sp³-hybridized carbons (Fsp3) is 0.700. The molecule has 0 saturated carbocycles. The van der Waals surface area contributed by atoms with Crippen molar-refractivity contribution in [1.82, 2.24) is 0 Å². The van der Waals surface area contributed by atoms with E-state index >= 15 is 0 Å². The summed E-state index contributed by atoms with van der Waals surface area (Å²) in [6.45, 7) is 9.53. The molecule has 0 saturated heterocycles. The Balaban J connectivity index is 3.89. The molecule has 0 atom stereocenters. The van der Waals surface area contributed by atoms with Gasteiger partial charge >= 0.3 is 0 Å². The Morgan fingerprint density at radius 1 is 1.45 bits per heavy atom. The molecule has 0 amide bonds. The standard InChI is InChI=1S/C10H19N/c1-5-7-11-8-10(6-2)9(3)4/h6,8-9H,5,7H2,1-4H3/b10-6+,11-8?. The molecule has 0 unspecified atom stereocenters. The predicted molar refractivity (Wildman–Crippen MR) is 52.2 cm³/mol. The van der Waals surface area contributed by atoms with Crippen LogP contribution in [0, 0.1) is 5.92 Å². The van der Waals surface area contributed by atoms with E-state index in [4.69, 9.17) is 0 Å². The normalized spacial score (nSPS) is 13.4. The number of allylic oxidation sites excluding steroid dienone is 2. The molecule has 0 aliphatic rings. The Morgan fingerprint density at radius 3 is 2.45 bits per heavy atom. The van der Waals surface area contributed by atoms with Gasteiger partial charge < -0.3 is 0 Å². The molecule has 0 aromatic rings. The van der Waals surface area contributed by atoms with E-state index < -0.39 is 0 Å². The molecule has 0 aromatic heterocycles. The van der Waals surface area contributed by atoms with Crippen LogP contribution in [0.25, 0.3) is 0 Å². The third-order valence-electron chi connectivity index (χ3n) is 1.59. The van der Waals surface area contributed by atoms with E-state index in [0.29, 0.717) is 5.92 Å². The summed E-state index contributed by atoms with van der Waals surface area (Å²) in [6, 6.07) is 0. The second-order valence-electron chi connectivity index (χ2n) is 2.98. The van der Waals surface area contributed by atoms with E-state index in [1.165, 1.54) is 5.57 Å². The van der Waals surface area contributed by atoms with Gasteiger partial charge in [-0.3, -0.25) is 4.99 Å². The zero-order valence-electron chi connectivity index (χ0n) is 8.09. The van der Waals surface area contributed by atoms with Gasteiger partial charge in [0.2, 0.25) is 0 Å². The van der Waals surface area contributed by atoms with Gasteiger partial charge in [-0.2, -0.15) is 0 Å². The maximum absolute atomic E-state index is 4.29. The molecule has 0 heterocycles. The van der Waals surface area contributed by atoms with Crippen molar-refractivity contribution in [3.63, 3.8) is 0 Å². The lowest BCUT2D eigenvalue weighted by atomic mass is 10.1. The van der Waals surface area contributed by atoms with Gasteiger partial charge in [0.05, 0.1) is 0 Å². The second-order valence-corrected chi connectivity index (χ2v) is 2.98. The van der Waals surface area contributed by atoms with Gasteiger partial charge in [-0.05, 0) is 24.8 Å². The first-order chi connectivity index (χ1) is 5.22. The first-order valence-electron chi connectivity index (χ1n) is 4.38. The highest BCUT2D eigenvalue weighted by Gasteiger charge is 1.96. The van der Waals surface area contributed by atoms with Crippen molar-refractivity contribution in [3.05, 3.63) is 11.6 Å². The lowest BCUT2D eigenvalue weighted by Gasteiger charge is -2.03. The maximum Gasteiger partial charge on any atom is 0.0386 e. The predicted octanol–water partition coefficient (Wildman–Crippen LogP) is 3.07. The summed E-state index contributed by atoms with van der Waals surface area (Å²) in [5.74, 6) is 0.598. The van der Waals surface area contributed by atoms with E-state index in [0.717, 1.165) is 13.0 Å². The topological polar surface area (TPSA) is 12.4 Å². The van der Waals surface area contributed by atoms with Crippen LogP contribution < -0.4 is 0 Å². The summed E-state index contributed by atoms with van der Waals surface area (Å²) in [6.07, 6.45) is 5.25. The molecule has 0 N–H and O–H groups in total. The minimum Gasteiger partial charge on any atom is -0.293 e. The first-order valence-corrected chi connectivity index (χ1v) is 4.38. The molecule has 0 rings (SSSR count). The van der Waals surface area contributed by atoms with Crippen LogP contribution in [-0.2, 0) is 0 Å². The minimum atomic E-state index is 0.598. The van der Waals surface area contributed by atoms with Crippen LogP contribution >= 0.6 is 0 Å². The van der Waals surface area contributed by atoms with E-state index in [-0.39, 0.29) is 0 Å². The van der Waals surface area contributed by atoms with Crippen LogP contribution in [0.5, 0.6) is 0 Å². The van der Waals surface area contributed by atoms with Gasteiger partial charge in [-0.1, -0.05) is 26.8 Å². The Morgan fingerprint density at radius 2 is 2.09 bits per heavy atom. The van der Waals surface area contributed by atoms with Crippen molar-refractivity contribution in [2.24, 2.45) is 10.9 Å². The molecule has 1 heteroatoms. The van der Waals surface area contributed by atoms with Crippen molar-refractivity contribution in [3.8, 4) is 0 Å². The summed E-state index contributed by atoms with van der Waals surface area (Å²) >= 11 is 0. The number of nitrogens with zero attached hydrogens (tertiary/aromatic N) is 1. The molecule has 0 aliphatic heterocycles. The van der Waals surface area contributed by atoms with E-state index in [2.05, 4.69) is 38.8 Å². The Bertz CT molecular complexity index is 143. The van der Waals surface area contributed by atoms with Crippen molar-refractivity contribution in [2.45, 2.75) is 34.1 Å². The maximum atomic E-state index is 4.29. The molecule has 0 radical (unpaired) electrons. The quantitative estimate of drug-likeness (QED) is 0.550. The van der Waals surface area contributed by atoms with Crippen LogP contribution in [0.3, 0.4) is 0 Å². The molecule has 0 bridgehead atoms. The lowest BCUT2D eigenvalue weighted by molar-refractivity contribution is 0.802. The van der Waals surface area contributed by atoms with Crippen LogP contribution in [0.1, 0.15) is 34.1 Å². The van der Waals surface area contributed by atoms with E-state index in [1.807, 2.05) is 6.21 Å². The molecule has 64 valence electrons. The van der Waals surface area contributed by atoms with Gasteiger partial charge in [0.15, 0.2) is 0 Å². The molecule has 11 heavy (non-hydrogen) atoms. The molecule has 1 nitrogen and oxygen atoms in total. The average molecular weight is 153 g/mol. The zero-order valence-corrected chi connectivity index (χ0v) is 8.09. The summed E-state index contributed by atoms with van der Waals surface area (Å²) in [4.78, 5) is 4.29. The zero-order chi connectivity index (χ0) is 8.69. The highest BCUT2D eigenvalue weighted by molar-refractivity contribution is 5.78. The molecular weight excluding hydrogens is 134 g/mol. The highest BCUT2D eigenvalue weighted by atomic mass is 14.7. The lowest BCUT2D eigenvalue weighted by Crippen LogP contribution is -1.95. The van der Waals surface area contributed by atoms with Crippen LogP contribution in [0.15, 0.2) is 16.6 Å². The number of aliphatic imine (C=N–C) groups is 1. The van der Waals surface area contributed by atoms with Crippen LogP contribution in [0.4, 0.5) is 0 Å². The van der Waals surface area contributed by atoms with Crippen molar-refractivity contribution >= 4 is 6.21 Å². The molecule has 0 aliphatic carbocycles. The van der Waals surface area contributed by atoms with Gasteiger partial charge in [-0.25, -0.2) is 0 Å². The van der Waals surface area contributed by atoms with Gasteiger partial charge in [0.1, 0.15) is 0 Å². The summed E-state index contributed by atoms with van der Waals surface area (Å²) in [7, 11) is 0. The third kappa shape index (κ3) is 4.77. The minimum absolute atomic E-state index is 0.598. The van der Waals surface area contributed by atoms with E-state index in [1.54, 1.807) is 0 Å². The number of hydrogen-bond acceptors (Lipinski definition) is 1. The van der Waals surface area contributed by atoms with E-state index in [9.17, 15) is 0 Å². The molecule has 0 spiro atoms. The summed E-state index contributed by atoms with van der Waals surface area (Å²) in [5, 5.41) is 0. The largest absolute Gasteiger partial charge is 0.293 e. The van der Waals surface area contributed by atoms with Crippen molar-refractivity contribution in [2.75, 3.05) is 6.54 Å². The summed E-state index contributed by atoms with van der Waals surface area (Å²) in [5.41, 5.74) is 1.33. The highest BCUT2D eigenvalue weighted by Crippen LogP contribution is 2.05. The SMILES string of the molecule is C/C=C(\C=NCCC)C(C)C. The first kappa shape index (κ1) is 10.4. The van der Waals surface area contributed by atoms with Gasteiger partial charge in [0, 0.05) is 12.8 Å². The van der Waals surface area contributed by atoms with Crippen molar-refractivity contribution in [1.29, 1.82) is 0 Å². The molecule has 0 fully saturated rings. The fourth-order valence-electron chi connectivity index (χ4n) is 0.856. The van der Waals surface area contributed by atoms with Crippen LogP contribution in [0.2, 0.25) is 0 Å². The second kappa shape index (κ2) is 6.14. The number of hydrogen-bond donors (Lipinski definition) is 0. The van der Waals surface area contributed by atoms with Crippen molar-refractivity contribution < 1.29 is 0 Å². The molecule has 0 aromatic carbocycles. The van der Waals surface area contributed by atoms with Crippen LogP contribution in [-0.4, -0.2) is 12.8 Å². The monoisotopic (exact) mass is 153 g/mol. The summed E-state index contributed by atoms with van der Waals surface area (Å²) < 4.78 is 0. The Kier molecular flexibility index (Phi) is 5.81. The Hall–Kier alpha value is -0.590. The number of rotatable bonds is 4. The average Bonchev–Trinajstić information content (AvgIpc) is 1.97. The van der Waals surface area contributed by atoms with Gasteiger partial charge in [0.25, 0.3) is 0 Å². The Labute approximate surface area is 70.2 Å². The fourth-order valence-corrected chi connectivity index (χ4v) is 0.856. The smallest absolute Gasteiger partial charge is 0.0386 e.